The lowest BCUT2D eigenvalue weighted by Crippen LogP contribution is -2.38. The zero-order chi connectivity index (χ0) is 10.8. The van der Waals surface area contributed by atoms with Crippen LogP contribution in [0.15, 0.2) is 4.52 Å². The van der Waals surface area contributed by atoms with Gasteiger partial charge in [0.1, 0.15) is 5.76 Å². The Labute approximate surface area is 85.9 Å². The van der Waals surface area contributed by atoms with E-state index in [9.17, 15) is 0 Å². The van der Waals surface area contributed by atoms with E-state index in [2.05, 4.69) is 31.2 Å². The second kappa shape index (κ2) is 4.13. The van der Waals surface area contributed by atoms with Gasteiger partial charge in [-0.05, 0) is 34.1 Å². The lowest BCUT2D eigenvalue weighted by atomic mass is 10.0. The van der Waals surface area contributed by atoms with E-state index in [4.69, 9.17) is 4.52 Å². The fourth-order valence-corrected chi connectivity index (χ4v) is 1.21. The van der Waals surface area contributed by atoms with E-state index in [-0.39, 0.29) is 5.54 Å². The summed E-state index contributed by atoms with van der Waals surface area (Å²) in [5.41, 5.74) is 2.35. The van der Waals surface area contributed by atoms with Gasteiger partial charge in [0, 0.05) is 17.6 Å². The van der Waals surface area contributed by atoms with Crippen molar-refractivity contribution in [2.45, 2.75) is 53.1 Å². The van der Waals surface area contributed by atoms with Crippen LogP contribution in [0.25, 0.3) is 0 Å². The van der Waals surface area contributed by atoms with Gasteiger partial charge < -0.3 is 9.84 Å². The number of aromatic nitrogens is 1. The van der Waals surface area contributed by atoms with Gasteiger partial charge in [-0.25, -0.2) is 0 Å². The molecule has 0 fully saturated rings. The van der Waals surface area contributed by atoms with Gasteiger partial charge in [-0.1, -0.05) is 12.1 Å². The molecule has 0 saturated carbocycles. The van der Waals surface area contributed by atoms with E-state index < -0.39 is 0 Å². The van der Waals surface area contributed by atoms with Crippen molar-refractivity contribution in [3.63, 3.8) is 0 Å². The number of nitrogens with one attached hydrogen (secondary N) is 1. The molecule has 14 heavy (non-hydrogen) atoms. The molecule has 0 amide bonds. The quantitative estimate of drug-likeness (QED) is 0.804. The van der Waals surface area contributed by atoms with E-state index in [1.54, 1.807) is 0 Å². The maximum Gasteiger partial charge on any atom is 0.138 e. The molecule has 1 N–H and O–H groups in total. The molecule has 3 nitrogen and oxygen atoms in total. The van der Waals surface area contributed by atoms with E-state index >= 15 is 0 Å². The molecule has 0 aliphatic heterocycles. The zero-order valence-electron chi connectivity index (χ0n) is 9.77. The molecule has 1 rings (SSSR count). The van der Waals surface area contributed by atoms with E-state index in [0.29, 0.717) is 0 Å². The van der Waals surface area contributed by atoms with Crippen LogP contribution in [0.5, 0.6) is 0 Å². The van der Waals surface area contributed by atoms with Crippen LogP contribution >= 0.6 is 0 Å². The molecule has 0 bridgehead atoms. The summed E-state index contributed by atoms with van der Waals surface area (Å²) >= 11 is 0. The third-order valence-electron chi connectivity index (χ3n) is 2.81. The lowest BCUT2D eigenvalue weighted by Gasteiger charge is -2.24. The number of hydrogen-bond donors (Lipinski definition) is 1. The highest BCUT2D eigenvalue weighted by atomic mass is 16.5. The molecular formula is C11H20N2O. The van der Waals surface area contributed by atoms with Crippen molar-refractivity contribution in [1.29, 1.82) is 0 Å². The molecule has 0 spiro atoms. The maximum absolute atomic E-state index is 5.10. The van der Waals surface area contributed by atoms with Gasteiger partial charge in [-0.3, -0.25) is 0 Å². The van der Waals surface area contributed by atoms with Gasteiger partial charge in [-0.2, -0.15) is 0 Å². The fourth-order valence-electron chi connectivity index (χ4n) is 1.21. The lowest BCUT2D eigenvalue weighted by molar-refractivity contribution is 0.369. The molecule has 3 heteroatoms. The Hall–Kier alpha value is -0.830. The molecule has 0 aromatic carbocycles. The average Bonchev–Trinajstić information content (AvgIpc) is 2.44. The molecule has 80 valence electrons. The van der Waals surface area contributed by atoms with E-state index in [1.165, 1.54) is 5.56 Å². The van der Waals surface area contributed by atoms with Crippen LogP contribution in [0.1, 0.15) is 44.2 Å². The summed E-state index contributed by atoms with van der Waals surface area (Å²) in [7, 11) is 0. The van der Waals surface area contributed by atoms with Crippen molar-refractivity contribution in [2.75, 3.05) is 0 Å². The largest absolute Gasteiger partial charge is 0.361 e. The van der Waals surface area contributed by atoms with Crippen molar-refractivity contribution in [3.05, 3.63) is 17.0 Å². The summed E-state index contributed by atoms with van der Waals surface area (Å²) in [6.07, 6.45) is 1.11. The first-order valence-electron chi connectivity index (χ1n) is 5.13. The van der Waals surface area contributed by atoms with Crippen molar-refractivity contribution in [2.24, 2.45) is 0 Å². The van der Waals surface area contributed by atoms with Crippen LogP contribution in [0.2, 0.25) is 0 Å². The predicted molar refractivity (Wildman–Crippen MR) is 57.2 cm³/mol. The molecule has 1 aromatic heterocycles. The monoisotopic (exact) mass is 196 g/mol. The average molecular weight is 196 g/mol. The summed E-state index contributed by atoms with van der Waals surface area (Å²) in [5.74, 6) is 0.918. The Morgan fingerprint density at radius 2 is 2.00 bits per heavy atom. The predicted octanol–water partition coefficient (Wildman–Crippen LogP) is 2.57. The van der Waals surface area contributed by atoms with Gasteiger partial charge in [0.05, 0.1) is 5.69 Å². The van der Waals surface area contributed by atoms with Crippen LogP contribution < -0.4 is 5.32 Å². The normalized spacial score (nSPS) is 12.1. The summed E-state index contributed by atoms with van der Waals surface area (Å²) in [6.45, 7) is 11.3. The number of aryl methyl sites for hydroxylation is 2. The molecule has 0 saturated heterocycles. The Morgan fingerprint density at radius 1 is 1.36 bits per heavy atom. The molecule has 0 aliphatic rings. The van der Waals surface area contributed by atoms with E-state index in [1.807, 2.05) is 13.8 Å². The first kappa shape index (κ1) is 11.2. The second-order valence-corrected chi connectivity index (χ2v) is 4.39. The SMILES string of the molecule is CCC(C)(C)NCc1c(C)noc1C. The van der Waals surface area contributed by atoms with Crippen molar-refractivity contribution < 1.29 is 4.52 Å². The van der Waals surface area contributed by atoms with Gasteiger partial charge in [0.2, 0.25) is 0 Å². The molecule has 0 radical (unpaired) electrons. The molecule has 0 atom stereocenters. The number of hydrogen-bond acceptors (Lipinski definition) is 3. The van der Waals surface area contributed by atoms with Crippen molar-refractivity contribution >= 4 is 0 Å². The highest BCUT2D eigenvalue weighted by Gasteiger charge is 2.16. The molecule has 0 aliphatic carbocycles. The highest BCUT2D eigenvalue weighted by Crippen LogP contribution is 2.14. The third kappa shape index (κ3) is 2.58. The molecular weight excluding hydrogens is 176 g/mol. The molecule has 1 aromatic rings. The summed E-state index contributed by atoms with van der Waals surface area (Å²) < 4.78 is 5.10. The summed E-state index contributed by atoms with van der Waals surface area (Å²) in [6, 6.07) is 0. The smallest absolute Gasteiger partial charge is 0.138 e. The maximum atomic E-state index is 5.10. The Bertz CT molecular complexity index is 283. The second-order valence-electron chi connectivity index (χ2n) is 4.39. The van der Waals surface area contributed by atoms with Crippen molar-refractivity contribution in [1.82, 2.24) is 10.5 Å². The summed E-state index contributed by atoms with van der Waals surface area (Å²) in [5, 5.41) is 7.42. The van der Waals surface area contributed by atoms with E-state index in [0.717, 1.165) is 24.4 Å². The van der Waals surface area contributed by atoms with Crippen LogP contribution in [-0.2, 0) is 6.54 Å². The highest BCUT2D eigenvalue weighted by molar-refractivity contribution is 5.20. The number of rotatable bonds is 4. The first-order valence-corrected chi connectivity index (χ1v) is 5.13. The molecule has 1 heterocycles. The standard InChI is InChI=1S/C11H20N2O/c1-6-11(4,5)12-7-10-8(2)13-14-9(10)3/h12H,6-7H2,1-5H3. The Kier molecular flexibility index (Phi) is 3.32. The minimum absolute atomic E-state index is 0.177. The number of nitrogens with zero attached hydrogens (tertiary/aromatic N) is 1. The topological polar surface area (TPSA) is 38.1 Å². The third-order valence-corrected chi connectivity index (χ3v) is 2.81. The molecule has 0 unspecified atom stereocenters. The van der Waals surface area contributed by atoms with Gasteiger partial charge >= 0.3 is 0 Å². The van der Waals surface area contributed by atoms with Gasteiger partial charge in [0.15, 0.2) is 0 Å². The van der Waals surface area contributed by atoms with Crippen LogP contribution in [0.4, 0.5) is 0 Å². The van der Waals surface area contributed by atoms with Gasteiger partial charge in [0.25, 0.3) is 0 Å². The Morgan fingerprint density at radius 3 is 2.43 bits per heavy atom. The Balaban J connectivity index is 2.62. The van der Waals surface area contributed by atoms with Crippen LogP contribution in [0, 0.1) is 13.8 Å². The fraction of sp³-hybridized carbons (Fsp3) is 0.727. The zero-order valence-corrected chi connectivity index (χ0v) is 9.77. The first-order chi connectivity index (χ1) is 6.46. The minimum atomic E-state index is 0.177. The van der Waals surface area contributed by atoms with Gasteiger partial charge in [-0.15, -0.1) is 0 Å². The summed E-state index contributed by atoms with van der Waals surface area (Å²) in [4.78, 5) is 0. The van der Waals surface area contributed by atoms with Crippen LogP contribution in [0.3, 0.4) is 0 Å². The minimum Gasteiger partial charge on any atom is -0.361 e. The van der Waals surface area contributed by atoms with Crippen molar-refractivity contribution in [3.8, 4) is 0 Å². The van der Waals surface area contributed by atoms with Crippen LogP contribution in [-0.4, -0.2) is 10.7 Å².